The second kappa shape index (κ2) is 11.4. The average Bonchev–Trinajstić information content (AvgIpc) is 2.54. The lowest BCUT2D eigenvalue weighted by Crippen LogP contribution is -2.14. The number of phenols is 1. The van der Waals surface area contributed by atoms with E-state index in [0.717, 1.165) is 24.6 Å². The minimum absolute atomic E-state index is 0.198. The molecule has 0 aromatic heterocycles. The quantitative estimate of drug-likeness (QED) is 0.541. The Morgan fingerprint density at radius 1 is 1.14 bits per heavy atom. The summed E-state index contributed by atoms with van der Waals surface area (Å²) in [7, 11) is 1.58. The molecule has 1 aromatic carbocycles. The topological polar surface area (TPSA) is 41.5 Å². The summed E-state index contributed by atoms with van der Waals surface area (Å²) in [6, 6.07) is 5.50. The van der Waals surface area contributed by atoms with Crippen LogP contribution in [0.25, 0.3) is 0 Å². The van der Waals surface area contributed by atoms with Gasteiger partial charge in [0.15, 0.2) is 11.5 Å². The van der Waals surface area contributed by atoms with Crippen molar-refractivity contribution in [3.05, 3.63) is 23.8 Å². The van der Waals surface area contributed by atoms with E-state index in [4.69, 9.17) is 4.74 Å². The lowest BCUT2D eigenvalue weighted by Gasteiger charge is -2.09. The minimum Gasteiger partial charge on any atom is -0.504 e. The second-order valence-electron chi connectivity index (χ2n) is 6.25. The van der Waals surface area contributed by atoms with Crippen LogP contribution in [0, 0.1) is 5.92 Å². The van der Waals surface area contributed by atoms with Gasteiger partial charge in [0.25, 0.3) is 0 Å². The highest BCUT2D eigenvalue weighted by molar-refractivity contribution is 5.41. The van der Waals surface area contributed by atoms with Crippen LogP contribution in [0.15, 0.2) is 18.2 Å². The van der Waals surface area contributed by atoms with Crippen LogP contribution in [-0.4, -0.2) is 18.8 Å². The fourth-order valence-electron chi connectivity index (χ4n) is 2.54. The SMILES string of the molecule is CCC(C)CCCCCCCNCc1ccc(O)c(OC)c1. The van der Waals surface area contributed by atoms with Gasteiger partial charge in [0.05, 0.1) is 7.11 Å². The van der Waals surface area contributed by atoms with E-state index < -0.39 is 0 Å². The number of hydrogen-bond donors (Lipinski definition) is 2. The summed E-state index contributed by atoms with van der Waals surface area (Å²) >= 11 is 0. The first-order valence-corrected chi connectivity index (χ1v) is 8.74. The van der Waals surface area contributed by atoms with Crippen LogP contribution in [0.1, 0.15) is 64.4 Å². The van der Waals surface area contributed by atoms with Gasteiger partial charge in [0.1, 0.15) is 0 Å². The molecule has 1 unspecified atom stereocenters. The van der Waals surface area contributed by atoms with E-state index >= 15 is 0 Å². The van der Waals surface area contributed by atoms with Gasteiger partial charge in [0, 0.05) is 6.54 Å². The van der Waals surface area contributed by atoms with E-state index in [-0.39, 0.29) is 5.75 Å². The van der Waals surface area contributed by atoms with Crippen LogP contribution >= 0.6 is 0 Å². The van der Waals surface area contributed by atoms with Gasteiger partial charge in [0.2, 0.25) is 0 Å². The monoisotopic (exact) mass is 307 g/mol. The third-order valence-corrected chi connectivity index (χ3v) is 4.32. The van der Waals surface area contributed by atoms with E-state index in [1.807, 2.05) is 12.1 Å². The molecule has 1 aromatic rings. The van der Waals surface area contributed by atoms with Crippen LogP contribution in [-0.2, 0) is 6.54 Å². The fourth-order valence-corrected chi connectivity index (χ4v) is 2.54. The first-order valence-electron chi connectivity index (χ1n) is 8.74. The number of hydrogen-bond acceptors (Lipinski definition) is 3. The Labute approximate surface area is 136 Å². The number of rotatable bonds is 12. The zero-order valence-electron chi connectivity index (χ0n) is 14.5. The number of nitrogens with one attached hydrogen (secondary N) is 1. The molecule has 22 heavy (non-hydrogen) atoms. The summed E-state index contributed by atoms with van der Waals surface area (Å²) in [5.41, 5.74) is 1.14. The first kappa shape index (κ1) is 18.8. The Morgan fingerprint density at radius 3 is 2.59 bits per heavy atom. The molecule has 0 spiro atoms. The smallest absolute Gasteiger partial charge is 0.160 e. The molecule has 0 aliphatic rings. The van der Waals surface area contributed by atoms with Crippen LogP contribution in [0.4, 0.5) is 0 Å². The Balaban J connectivity index is 2.02. The Morgan fingerprint density at radius 2 is 1.86 bits per heavy atom. The Hall–Kier alpha value is -1.22. The van der Waals surface area contributed by atoms with E-state index in [2.05, 4.69) is 19.2 Å². The van der Waals surface area contributed by atoms with Crippen molar-refractivity contribution in [1.82, 2.24) is 5.32 Å². The van der Waals surface area contributed by atoms with Gasteiger partial charge in [-0.05, 0) is 36.6 Å². The van der Waals surface area contributed by atoms with Crippen molar-refractivity contribution in [1.29, 1.82) is 0 Å². The highest BCUT2D eigenvalue weighted by Crippen LogP contribution is 2.26. The molecule has 1 atom stereocenters. The first-order chi connectivity index (χ1) is 10.7. The summed E-state index contributed by atoms with van der Waals surface area (Å²) < 4.78 is 5.12. The zero-order chi connectivity index (χ0) is 16.2. The molecule has 0 bridgehead atoms. The van der Waals surface area contributed by atoms with Gasteiger partial charge in [-0.15, -0.1) is 0 Å². The predicted octanol–water partition coefficient (Wildman–Crippen LogP) is 4.88. The summed E-state index contributed by atoms with van der Waals surface area (Å²) in [5, 5.41) is 13.0. The molecular weight excluding hydrogens is 274 g/mol. The molecule has 0 saturated heterocycles. The molecule has 0 fully saturated rings. The molecule has 0 radical (unpaired) electrons. The standard InChI is InChI=1S/C19H33NO2/c1-4-16(2)10-8-6-5-7-9-13-20-15-17-11-12-18(21)19(14-17)22-3/h11-12,14,16,20-21H,4-10,13,15H2,1-3H3. The highest BCUT2D eigenvalue weighted by atomic mass is 16.5. The minimum atomic E-state index is 0.198. The van der Waals surface area contributed by atoms with Crippen molar-refractivity contribution >= 4 is 0 Å². The maximum atomic E-state index is 9.55. The van der Waals surface area contributed by atoms with Crippen molar-refractivity contribution in [2.75, 3.05) is 13.7 Å². The van der Waals surface area contributed by atoms with Crippen molar-refractivity contribution in [3.63, 3.8) is 0 Å². The van der Waals surface area contributed by atoms with Gasteiger partial charge in [-0.3, -0.25) is 0 Å². The number of ether oxygens (including phenoxy) is 1. The van der Waals surface area contributed by atoms with Crippen molar-refractivity contribution < 1.29 is 9.84 Å². The molecule has 0 heterocycles. The van der Waals surface area contributed by atoms with Gasteiger partial charge in [-0.1, -0.05) is 58.4 Å². The van der Waals surface area contributed by atoms with Crippen molar-refractivity contribution in [2.24, 2.45) is 5.92 Å². The summed E-state index contributed by atoms with van der Waals surface area (Å²) in [5.74, 6) is 1.63. The third kappa shape index (κ3) is 7.69. The summed E-state index contributed by atoms with van der Waals surface area (Å²) in [6.45, 7) is 6.50. The van der Waals surface area contributed by atoms with E-state index in [1.54, 1.807) is 13.2 Å². The molecule has 126 valence electrons. The molecular formula is C19H33NO2. The van der Waals surface area contributed by atoms with Crippen molar-refractivity contribution in [2.45, 2.75) is 65.3 Å². The zero-order valence-corrected chi connectivity index (χ0v) is 14.5. The lowest BCUT2D eigenvalue weighted by molar-refractivity contribution is 0.372. The molecule has 3 heteroatoms. The predicted molar refractivity (Wildman–Crippen MR) is 93.5 cm³/mol. The fraction of sp³-hybridized carbons (Fsp3) is 0.684. The molecule has 0 aliphatic carbocycles. The lowest BCUT2D eigenvalue weighted by atomic mass is 10.00. The summed E-state index contributed by atoms with van der Waals surface area (Å²) in [6.07, 6.45) is 9.36. The number of phenolic OH excluding ortho intramolecular Hbond substituents is 1. The molecule has 0 saturated carbocycles. The van der Waals surface area contributed by atoms with Crippen molar-refractivity contribution in [3.8, 4) is 11.5 Å². The van der Waals surface area contributed by atoms with E-state index in [1.165, 1.54) is 44.9 Å². The molecule has 0 amide bonds. The normalized spacial score (nSPS) is 12.3. The third-order valence-electron chi connectivity index (χ3n) is 4.32. The Kier molecular flexibility index (Phi) is 9.72. The van der Waals surface area contributed by atoms with Gasteiger partial charge >= 0.3 is 0 Å². The highest BCUT2D eigenvalue weighted by Gasteiger charge is 2.02. The number of methoxy groups -OCH3 is 1. The second-order valence-corrected chi connectivity index (χ2v) is 6.25. The van der Waals surface area contributed by atoms with Crippen LogP contribution in [0.3, 0.4) is 0 Å². The average molecular weight is 307 g/mol. The number of unbranched alkanes of at least 4 members (excludes halogenated alkanes) is 4. The van der Waals surface area contributed by atoms with Gasteiger partial charge < -0.3 is 15.2 Å². The van der Waals surface area contributed by atoms with Crippen LogP contribution in [0.2, 0.25) is 0 Å². The molecule has 2 N–H and O–H groups in total. The summed E-state index contributed by atoms with van der Waals surface area (Å²) in [4.78, 5) is 0. The van der Waals surface area contributed by atoms with Crippen LogP contribution in [0.5, 0.6) is 11.5 Å². The van der Waals surface area contributed by atoms with E-state index in [9.17, 15) is 5.11 Å². The Bertz CT molecular complexity index is 406. The largest absolute Gasteiger partial charge is 0.504 e. The number of aromatic hydroxyl groups is 1. The maximum Gasteiger partial charge on any atom is 0.160 e. The van der Waals surface area contributed by atoms with Gasteiger partial charge in [-0.25, -0.2) is 0 Å². The van der Waals surface area contributed by atoms with Crippen LogP contribution < -0.4 is 10.1 Å². The molecule has 1 rings (SSSR count). The molecule has 3 nitrogen and oxygen atoms in total. The maximum absolute atomic E-state index is 9.55. The van der Waals surface area contributed by atoms with Gasteiger partial charge in [-0.2, -0.15) is 0 Å². The number of benzene rings is 1. The molecule has 0 aliphatic heterocycles. The van der Waals surface area contributed by atoms with E-state index in [0.29, 0.717) is 5.75 Å².